The molecular weight excluding hydrogens is 945 g/mol. The maximum atomic E-state index is 14.9. The van der Waals surface area contributed by atoms with Gasteiger partial charge < -0.3 is 19.6 Å². The van der Waals surface area contributed by atoms with Gasteiger partial charge in [-0.25, -0.2) is 28.0 Å². The van der Waals surface area contributed by atoms with Crippen LogP contribution in [0.1, 0.15) is 116 Å². The monoisotopic (exact) mass is 997 g/mol. The molecule has 5 rings (SSSR count). The molecule has 1 saturated heterocycles. The molecule has 3 amide bonds. The molecule has 16 nitrogen and oxygen atoms in total. The minimum Gasteiger partial charge on any atom is -0.491 e. The Bertz CT molecular complexity index is 2480. The number of sulfonamides is 1. The average molecular weight is 999 g/mol. The zero-order valence-corrected chi connectivity index (χ0v) is 40.6. The zero-order valence-electron chi connectivity index (χ0n) is 36.7. The van der Waals surface area contributed by atoms with Gasteiger partial charge >= 0.3 is 6.09 Å². The number of hydrogen-bond donors (Lipinski definition) is 2. The highest BCUT2D eigenvalue weighted by atomic mass is 35.5. The molecule has 354 valence electrons. The Kier molecular flexibility index (Phi) is 19.9. The van der Waals surface area contributed by atoms with Gasteiger partial charge in [-0.1, -0.05) is 113 Å². The van der Waals surface area contributed by atoms with E-state index in [1.54, 1.807) is 13.0 Å². The summed E-state index contributed by atoms with van der Waals surface area (Å²) in [5, 5.41) is 2.84. The van der Waals surface area contributed by atoms with Crippen molar-refractivity contribution >= 4 is 97.1 Å². The molecule has 0 aliphatic carbocycles. The summed E-state index contributed by atoms with van der Waals surface area (Å²) in [4.78, 5) is 72.4. The number of fused-ring (bicyclic) bond motifs is 1. The Labute approximate surface area is 398 Å². The van der Waals surface area contributed by atoms with E-state index in [4.69, 9.17) is 58.3 Å². The molecule has 65 heavy (non-hydrogen) atoms. The number of nitrogens with one attached hydrogen (secondary N) is 2. The Hall–Kier alpha value is -4.30. The number of ether oxygens (including phenoxy) is 2. The van der Waals surface area contributed by atoms with Crippen LogP contribution in [0.15, 0.2) is 63.1 Å². The number of carbonyl (C=O) groups excluding carboxylic acids is 3. The van der Waals surface area contributed by atoms with Crippen LogP contribution in [0.4, 0.5) is 16.2 Å². The van der Waals surface area contributed by atoms with E-state index in [0.717, 1.165) is 50.9 Å². The zero-order chi connectivity index (χ0) is 47.1. The topological polar surface area (TPSA) is 194 Å². The van der Waals surface area contributed by atoms with Gasteiger partial charge in [0.05, 0.1) is 67.5 Å². The number of unbranched alkanes of at least 4 members (excludes halogenated alkanes) is 10. The quantitative estimate of drug-likeness (QED) is 0.0189. The summed E-state index contributed by atoms with van der Waals surface area (Å²) in [5.74, 6) is -2.32. The minimum absolute atomic E-state index is 0.0314. The number of cyclic esters (lactones) is 1. The predicted molar refractivity (Wildman–Crippen MR) is 251 cm³/mol. The molecule has 0 saturated carbocycles. The van der Waals surface area contributed by atoms with Gasteiger partial charge in [0, 0.05) is 4.90 Å². The second kappa shape index (κ2) is 25.0. The number of carbonyl (C=O) groups is 3. The highest BCUT2D eigenvalue weighted by Crippen LogP contribution is 2.36. The van der Waals surface area contributed by atoms with E-state index in [2.05, 4.69) is 21.9 Å². The summed E-state index contributed by atoms with van der Waals surface area (Å²) >= 11 is 19.4. The van der Waals surface area contributed by atoms with E-state index in [9.17, 15) is 27.6 Å². The predicted octanol–water partition coefficient (Wildman–Crippen LogP) is 10.7. The molecule has 0 radical (unpaired) electrons. The van der Waals surface area contributed by atoms with E-state index < -0.39 is 51.5 Å². The van der Waals surface area contributed by atoms with Crippen molar-refractivity contribution in [3.05, 3.63) is 79.8 Å². The van der Waals surface area contributed by atoms with Gasteiger partial charge in [0.2, 0.25) is 0 Å². The summed E-state index contributed by atoms with van der Waals surface area (Å²) in [6.45, 7) is 6.33. The summed E-state index contributed by atoms with van der Waals surface area (Å²) in [6, 6.07) is 8.88. The molecule has 21 heteroatoms. The number of anilines is 2. The van der Waals surface area contributed by atoms with Crippen molar-refractivity contribution in [2.45, 2.75) is 126 Å². The Balaban J connectivity index is 1.53. The first-order valence-electron chi connectivity index (χ1n) is 21.6. The minimum atomic E-state index is -4.44. The van der Waals surface area contributed by atoms with E-state index in [0.29, 0.717) is 33.8 Å². The molecule has 0 bridgehead atoms. The molecule has 2 N–H and O–H groups in total. The fraction of sp³-hybridized carbons (Fsp3) is 0.477. The van der Waals surface area contributed by atoms with Crippen LogP contribution in [0.3, 0.4) is 0 Å². The van der Waals surface area contributed by atoms with Gasteiger partial charge in [0.15, 0.2) is 18.0 Å². The molecule has 2 heterocycles. The molecule has 2 unspecified atom stereocenters. The summed E-state index contributed by atoms with van der Waals surface area (Å²) in [7, 11) is -3.29. The van der Waals surface area contributed by atoms with Crippen molar-refractivity contribution in [1.82, 2.24) is 14.6 Å². The maximum Gasteiger partial charge on any atom is 0.418 e. The number of nitrogens with zero attached hydrogens (tertiary/aromatic N) is 3. The van der Waals surface area contributed by atoms with Gasteiger partial charge in [0.25, 0.3) is 27.4 Å². The van der Waals surface area contributed by atoms with Crippen LogP contribution in [0, 0.1) is 0 Å². The average Bonchev–Trinajstić information content (AvgIpc) is 3.55. The number of hydrogen-bond acceptors (Lipinski definition) is 13. The fourth-order valence-electron chi connectivity index (χ4n) is 6.98. The molecule has 0 spiro atoms. The van der Waals surface area contributed by atoms with Crippen LogP contribution in [0.25, 0.3) is 10.9 Å². The fourth-order valence-corrected chi connectivity index (χ4v) is 9.24. The normalized spacial score (nSPS) is 14.4. The number of amides is 3. The molecule has 1 aliphatic heterocycles. The summed E-state index contributed by atoms with van der Waals surface area (Å²) in [5.41, 5.74) is -0.919. The molecule has 4 aromatic rings. The highest BCUT2D eigenvalue weighted by molar-refractivity contribution is 7.94. The Morgan fingerprint density at radius 1 is 0.846 bits per heavy atom. The largest absolute Gasteiger partial charge is 0.491 e. The third-order valence-corrected chi connectivity index (χ3v) is 13.4. The van der Waals surface area contributed by atoms with E-state index in [1.165, 1.54) is 68.5 Å². The van der Waals surface area contributed by atoms with Crippen molar-refractivity contribution in [3.63, 3.8) is 0 Å². The van der Waals surface area contributed by atoms with E-state index in [-0.39, 0.29) is 67.6 Å². The lowest BCUT2D eigenvalue weighted by molar-refractivity contribution is -0.185. The van der Waals surface area contributed by atoms with Crippen LogP contribution in [-0.2, 0) is 33.6 Å². The van der Waals surface area contributed by atoms with E-state index >= 15 is 0 Å². The lowest BCUT2D eigenvalue weighted by Crippen LogP contribution is -2.45. The van der Waals surface area contributed by atoms with Crippen molar-refractivity contribution < 1.29 is 46.3 Å². The van der Waals surface area contributed by atoms with Gasteiger partial charge in [-0.05, 0) is 74.7 Å². The standard InChI is InChI=1S/C44H54Cl3N5O11S2/c1-5-8-10-11-12-13-14-15-16-17-23-60-37-22-20-29(65(57,58)50-35-27-32(46)31(45)26-33(35)47)25-36(37)49-41(53)39(51-43(55)38(18-9-6-2)62-44(51)56)40-48-34-21-19-28(64-63-61-7-3)24-30(34)42(54)52(40)59-4/h19-22,24-27,38-39,50H,5-18,23H2,1-4H3,(H,49,53). The SMILES string of the molecule is CCCCCCCCCCCCOc1ccc(S(=O)(=O)Nc2cc(Cl)c(Cl)cc2Cl)cc1NC(=O)C(c1nc2ccc(SOOCC)cc2c(=O)n1OC)N1C(=O)OC(CCCC)C1=O. The molecule has 1 aliphatic rings. The van der Waals surface area contributed by atoms with Crippen LogP contribution < -0.4 is 25.2 Å². The van der Waals surface area contributed by atoms with Crippen LogP contribution >= 0.6 is 46.8 Å². The van der Waals surface area contributed by atoms with Crippen molar-refractivity contribution in [1.29, 1.82) is 0 Å². The van der Waals surface area contributed by atoms with Gasteiger partial charge in [-0.3, -0.25) is 19.1 Å². The third-order valence-electron chi connectivity index (χ3n) is 10.4. The number of benzene rings is 3. The van der Waals surface area contributed by atoms with Gasteiger partial charge in [-0.2, -0.15) is 4.33 Å². The highest BCUT2D eigenvalue weighted by Gasteiger charge is 2.49. The van der Waals surface area contributed by atoms with Crippen LogP contribution in [-0.4, -0.2) is 67.4 Å². The smallest absolute Gasteiger partial charge is 0.418 e. The van der Waals surface area contributed by atoms with Gasteiger partial charge in [0.1, 0.15) is 12.9 Å². The Morgan fingerprint density at radius 2 is 1.52 bits per heavy atom. The molecule has 3 aromatic carbocycles. The van der Waals surface area contributed by atoms with E-state index in [1.807, 2.05) is 6.92 Å². The third kappa shape index (κ3) is 13.6. The summed E-state index contributed by atoms with van der Waals surface area (Å²) < 4.78 is 47.6. The van der Waals surface area contributed by atoms with Crippen molar-refractivity contribution in [2.75, 3.05) is 30.4 Å². The lowest BCUT2D eigenvalue weighted by Gasteiger charge is -2.25. The Morgan fingerprint density at radius 3 is 2.20 bits per heavy atom. The van der Waals surface area contributed by atoms with Crippen LogP contribution in [0.2, 0.25) is 15.1 Å². The first-order valence-corrected chi connectivity index (χ1v) is 25.0. The lowest BCUT2D eigenvalue weighted by atomic mass is 10.1. The number of aromatic nitrogens is 2. The molecule has 1 aromatic heterocycles. The van der Waals surface area contributed by atoms with Crippen LogP contribution in [0.5, 0.6) is 5.75 Å². The first-order chi connectivity index (χ1) is 31.2. The molecule has 2 atom stereocenters. The van der Waals surface area contributed by atoms with Gasteiger partial charge in [-0.15, -0.1) is 4.73 Å². The van der Waals surface area contributed by atoms with Crippen molar-refractivity contribution in [3.8, 4) is 5.75 Å². The second-order valence-electron chi connectivity index (χ2n) is 15.1. The second-order valence-corrected chi connectivity index (χ2v) is 18.8. The first kappa shape index (κ1) is 51.7. The van der Waals surface area contributed by atoms with Crippen molar-refractivity contribution in [2.24, 2.45) is 0 Å². The summed E-state index contributed by atoms with van der Waals surface area (Å²) in [6.07, 6.45) is 9.90. The number of imide groups is 1. The number of halogens is 3. The maximum absolute atomic E-state index is 14.9. The molecular formula is C44H54Cl3N5O11S2. The number of rotatable bonds is 27. The molecule has 1 fully saturated rings.